The molecular formula is C13H17F2NO3S. The largest absolute Gasteiger partial charge is 0.381 e. The molecule has 1 saturated heterocycles. The third-order valence-corrected chi connectivity index (χ3v) is 4.66. The van der Waals surface area contributed by atoms with Gasteiger partial charge in [0.05, 0.1) is 16.7 Å². The van der Waals surface area contributed by atoms with E-state index in [9.17, 15) is 17.2 Å². The zero-order valence-corrected chi connectivity index (χ0v) is 11.7. The smallest absolute Gasteiger partial charge is 0.341 e. The van der Waals surface area contributed by atoms with Crippen LogP contribution in [-0.4, -0.2) is 33.4 Å². The van der Waals surface area contributed by atoms with Crippen LogP contribution in [0.3, 0.4) is 0 Å². The standard InChI is InChI=1S/C13H17F2NO3S/c14-13(15)20(17,18)12-7-2-1-6-11(12)16-9-10-5-3-4-8-19-10/h1-2,6-7,10,13,16H,3-5,8-9H2. The number of alkyl halides is 2. The lowest BCUT2D eigenvalue weighted by molar-refractivity contribution is 0.0247. The lowest BCUT2D eigenvalue weighted by Gasteiger charge is -2.23. The Kier molecular flexibility index (Phi) is 4.93. The fourth-order valence-corrected chi connectivity index (χ4v) is 3.06. The minimum Gasteiger partial charge on any atom is -0.381 e. The first-order valence-corrected chi connectivity index (χ1v) is 8.03. The Morgan fingerprint density at radius 2 is 2.05 bits per heavy atom. The number of sulfone groups is 1. The number of nitrogens with one attached hydrogen (secondary N) is 1. The van der Waals surface area contributed by atoms with Gasteiger partial charge in [-0.05, 0) is 31.4 Å². The van der Waals surface area contributed by atoms with Crippen LogP contribution in [0.15, 0.2) is 29.2 Å². The first-order valence-electron chi connectivity index (χ1n) is 6.48. The van der Waals surface area contributed by atoms with Gasteiger partial charge in [-0.25, -0.2) is 8.42 Å². The van der Waals surface area contributed by atoms with Gasteiger partial charge in [-0.15, -0.1) is 0 Å². The van der Waals surface area contributed by atoms with Crippen molar-refractivity contribution in [2.75, 3.05) is 18.5 Å². The Morgan fingerprint density at radius 3 is 2.70 bits per heavy atom. The monoisotopic (exact) mass is 305 g/mol. The summed E-state index contributed by atoms with van der Waals surface area (Å²) in [7, 11) is -4.60. The second-order valence-corrected chi connectivity index (χ2v) is 6.56. The van der Waals surface area contributed by atoms with Gasteiger partial charge in [0, 0.05) is 13.2 Å². The molecule has 2 rings (SSSR count). The molecule has 112 valence electrons. The summed E-state index contributed by atoms with van der Waals surface area (Å²) in [5, 5.41) is 2.91. The van der Waals surface area contributed by atoms with Crippen molar-refractivity contribution < 1.29 is 21.9 Å². The summed E-state index contributed by atoms with van der Waals surface area (Å²) in [6.45, 7) is 1.10. The summed E-state index contributed by atoms with van der Waals surface area (Å²) in [4.78, 5) is -0.370. The summed E-state index contributed by atoms with van der Waals surface area (Å²) in [5.74, 6) is -3.42. The molecule has 1 N–H and O–H groups in total. The van der Waals surface area contributed by atoms with Crippen molar-refractivity contribution in [3.63, 3.8) is 0 Å². The van der Waals surface area contributed by atoms with Gasteiger partial charge in [-0.2, -0.15) is 8.78 Å². The zero-order chi connectivity index (χ0) is 14.6. The topological polar surface area (TPSA) is 55.4 Å². The van der Waals surface area contributed by atoms with Crippen LogP contribution in [0.2, 0.25) is 0 Å². The molecule has 0 aliphatic carbocycles. The zero-order valence-electron chi connectivity index (χ0n) is 10.9. The number of benzene rings is 1. The molecule has 0 amide bonds. The number of para-hydroxylation sites is 1. The number of hydrogen-bond donors (Lipinski definition) is 1. The lowest BCUT2D eigenvalue weighted by atomic mass is 10.1. The molecule has 7 heteroatoms. The molecule has 1 heterocycles. The molecule has 20 heavy (non-hydrogen) atoms. The Hall–Kier alpha value is -1.21. The van der Waals surface area contributed by atoms with Gasteiger partial charge in [0.25, 0.3) is 0 Å². The Morgan fingerprint density at radius 1 is 1.30 bits per heavy atom. The predicted molar refractivity (Wildman–Crippen MR) is 71.7 cm³/mol. The van der Waals surface area contributed by atoms with Gasteiger partial charge in [-0.3, -0.25) is 0 Å². The fourth-order valence-electron chi connectivity index (χ4n) is 2.15. The highest BCUT2D eigenvalue weighted by atomic mass is 32.2. The Bertz CT molecular complexity index is 542. The van der Waals surface area contributed by atoms with Crippen LogP contribution in [0.1, 0.15) is 19.3 Å². The number of rotatable bonds is 5. The molecule has 1 unspecified atom stereocenters. The molecule has 0 aromatic heterocycles. The SMILES string of the molecule is O=S(=O)(c1ccccc1NCC1CCCCO1)C(F)F. The molecule has 1 fully saturated rings. The second kappa shape index (κ2) is 6.49. The van der Waals surface area contributed by atoms with Crippen molar-refractivity contribution in [3.8, 4) is 0 Å². The normalized spacial score (nSPS) is 20.1. The molecule has 0 spiro atoms. The van der Waals surface area contributed by atoms with Crippen molar-refractivity contribution in [2.45, 2.75) is 36.0 Å². The maximum atomic E-state index is 12.6. The highest BCUT2D eigenvalue weighted by molar-refractivity contribution is 7.91. The number of halogens is 2. The fraction of sp³-hybridized carbons (Fsp3) is 0.538. The van der Waals surface area contributed by atoms with Crippen LogP contribution in [0, 0.1) is 0 Å². The van der Waals surface area contributed by atoms with Crippen molar-refractivity contribution in [1.82, 2.24) is 0 Å². The van der Waals surface area contributed by atoms with Gasteiger partial charge >= 0.3 is 5.76 Å². The van der Waals surface area contributed by atoms with E-state index in [2.05, 4.69) is 5.32 Å². The van der Waals surface area contributed by atoms with E-state index in [4.69, 9.17) is 4.74 Å². The van der Waals surface area contributed by atoms with Crippen LogP contribution in [-0.2, 0) is 14.6 Å². The van der Waals surface area contributed by atoms with E-state index in [1.807, 2.05) is 0 Å². The highest BCUT2D eigenvalue weighted by Gasteiger charge is 2.29. The summed E-state index contributed by atoms with van der Waals surface area (Å²) < 4.78 is 53.9. The molecule has 1 aliphatic heterocycles. The van der Waals surface area contributed by atoms with Crippen LogP contribution in [0.5, 0.6) is 0 Å². The summed E-state index contributed by atoms with van der Waals surface area (Å²) in [6, 6.07) is 5.70. The molecule has 0 bridgehead atoms. The molecule has 0 saturated carbocycles. The second-order valence-electron chi connectivity index (χ2n) is 4.67. The highest BCUT2D eigenvalue weighted by Crippen LogP contribution is 2.26. The number of anilines is 1. The van der Waals surface area contributed by atoms with Gasteiger partial charge in [-0.1, -0.05) is 12.1 Å². The number of hydrogen-bond acceptors (Lipinski definition) is 4. The molecule has 1 aromatic rings. The average molecular weight is 305 g/mol. The molecule has 1 aliphatic rings. The molecular weight excluding hydrogens is 288 g/mol. The minimum atomic E-state index is -4.60. The third-order valence-electron chi connectivity index (χ3n) is 3.22. The molecule has 0 radical (unpaired) electrons. The van der Waals surface area contributed by atoms with Crippen molar-refractivity contribution in [2.24, 2.45) is 0 Å². The van der Waals surface area contributed by atoms with E-state index < -0.39 is 15.6 Å². The van der Waals surface area contributed by atoms with Gasteiger partial charge < -0.3 is 10.1 Å². The van der Waals surface area contributed by atoms with Crippen molar-refractivity contribution in [1.29, 1.82) is 0 Å². The molecule has 1 atom stereocenters. The average Bonchev–Trinajstić information content (AvgIpc) is 2.46. The van der Waals surface area contributed by atoms with E-state index in [1.165, 1.54) is 18.2 Å². The maximum Gasteiger partial charge on any atom is 0.341 e. The summed E-state index contributed by atoms with van der Waals surface area (Å²) in [5.41, 5.74) is 0.196. The van der Waals surface area contributed by atoms with Gasteiger partial charge in [0.1, 0.15) is 0 Å². The summed E-state index contributed by atoms with van der Waals surface area (Å²) in [6.07, 6.45) is 2.96. The number of ether oxygens (including phenoxy) is 1. The van der Waals surface area contributed by atoms with Crippen LogP contribution in [0.25, 0.3) is 0 Å². The van der Waals surface area contributed by atoms with Crippen LogP contribution >= 0.6 is 0 Å². The van der Waals surface area contributed by atoms with Gasteiger partial charge in [0.15, 0.2) is 0 Å². The van der Waals surface area contributed by atoms with Crippen LogP contribution < -0.4 is 5.32 Å². The van der Waals surface area contributed by atoms with E-state index >= 15 is 0 Å². The van der Waals surface area contributed by atoms with E-state index in [1.54, 1.807) is 6.07 Å². The molecule has 1 aromatic carbocycles. The maximum absolute atomic E-state index is 12.6. The van der Waals surface area contributed by atoms with Gasteiger partial charge in [0.2, 0.25) is 9.84 Å². The summed E-state index contributed by atoms with van der Waals surface area (Å²) >= 11 is 0. The van der Waals surface area contributed by atoms with Crippen molar-refractivity contribution in [3.05, 3.63) is 24.3 Å². The minimum absolute atomic E-state index is 0.00828. The Labute approximate surface area is 117 Å². The third kappa shape index (κ3) is 3.46. The van der Waals surface area contributed by atoms with E-state index in [-0.39, 0.29) is 16.7 Å². The lowest BCUT2D eigenvalue weighted by Crippen LogP contribution is -2.27. The van der Waals surface area contributed by atoms with E-state index in [0.717, 1.165) is 19.3 Å². The molecule has 4 nitrogen and oxygen atoms in total. The van der Waals surface area contributed by atoms with E-state index in [0.29, 0.717) is 13.2 Å². The first-order chi connectivity index (χ1) is 9.51. The Balaban J connectivity index is 2.12. The van der Waals surface area contributed by atoms with Crippen molar-refractivity contribution >= 4 is 15.5 Å². The van der Waals surface area contributed by atoms with Crippen LogP contribution in [0.4, 0.5) is 14.5 Å². The predicted octanol–water partition coefficient (Wildman–Crippen LogP) is 2.66. The first kappa shape index (κ1) is 15.2. The quantitative estimate of drug-likeness (QED) is 0.908.